The lowest BCUT2D eigenvalue weighted by Gasteiger charge is -2.38. The number of nitrogen functional groups attached to an aromatic ring is 1. The predicted molar refractivity (Wildman–Crippen MR) is 186 cm³/mol. The van der Waals surface area contributed by atoms with Gasteiger partial charge >= 0.3 is 0 Å². The van der Waals surface area contributed by atoms with E-state index in [2.05, 4.69) is 15.5 Å². The monoisotopic (exact) mass is 642 g/mol. The SMILES string of the molecule is Nc1ccccc1NC(=O)CCCCCC(=O)Nc1ccc(C2OC(CN3CCCCCCC3)CC(c3ccc(CO)cc3)O2)cc1. The molecular weight excluding hydrogens is 592 g/mol. The van der Waals surface area contributed by atoms with Gasteiger partial charge in [0.2, 0.25) is 11.8 Å². The minimum atomic E-state index is -0.522. The number of hydrogen-bond donors (Lipinski definition) is 4. The van der Waals surface area contributed by atoms with Crippen molar-refractivity contribution in [2.24, 2.45) is 0 Å². The summed E-state index contributed by atoms with van der Waals surface area (Å²) in [6, 6.07) is 22.9. The van der Waals surface area contributed by atoms with Crippen molar-refractivity contribution in [1.82, 2.24) is 4.90 Å². The van der Waals surface area contributed by atoms with Gasteiger partial charge in [0.25, 0.3) is 0 Å². The molecule has 2 heterocycles. The highest BCUT2D eigenvalue weighted by molar-refractivity contribution is 5.93. The van der Waals surface area contributed by atoms with E-state index in [0.29, 0.717) is 37.1 Å². The van der Waals surface area contributed by atoms with Gasteiger partial charge < -0.3 is 35.8 Å². The number of carbonyl (C=O) groups is 2. The van der Waals surface area contributed by atoms with Crippen molar-refractivity contribution in [3.63, 3.8) is 0 Å². The largest absolute Gasteiger partial charge is 0.397 e. The maximum atomic E-state index is 12.6. The molecule has 2 fully saturated rings. The average Bonchev–Trinajstić information content (AvgIpc) is 3.07. The third-order valence-corrected chi connectivity index (χ3v) is 9.03. The van der Waals surface area contributed by atoms with E-state index in [9.17, 15) is 14.7 Å². The number of aliphatic hydroxyl groups is 1. The van der Waals surface area contributed by atoms with Gasteiger partial charge in [-0.3, -0.25) is 9.59 Å². The maximum Gasteiger partial charge on any atom is 0.224 e. The standard InChI is InChI=1S/C38H50N4O5/c39-33-11-7-8-12-34(33)41-37(45)14-6-4-5-13-36(44)40-31-21-19-30(20-22-31)38-46-32(26-42-23-9-2-1-3-10-24-42)25-35(47-38)29-17-15-28(27-43)16-18-29/h7-8,11-12,15-22,32,35,38,43H,1-6,9-10,13-14,23-27,39H2,(H,40,44)(H,41,45). The Balaban J connectivity index is 1.11. The lowest BCUT2D eigenvalue weighted by atomic mass is 9.99. The molecule has 3 atom stereocenters. The molecular formula is C38H50N4O5. The number of aliphatic hydroxyl groups excluding tert-OH is 1. The number of nitrogens with two attached hydrogens (primary N) is 1. The van der Waals surface area contributed by atoms with Crippen LogP contribution >= 0.6 is 0 Å². The zero-order valence-corrected chi connectivity index (χ0v) is 27.4. The van der Waals surface area contributed by atoms with Gasteiger partial charge in [0.15, 0.2) is 6.29 Å². The fraction of sp³-hybridized carbons (Fsp3) is 0.474. The molecule has 3 unspecified atom stereocenters. The van der Waals surface area contributed by atoms with Crippen LogP contribution in [0.15, 0.2) is 72.8 Å². The van der Waals surface area contributed by atoms with Crippen molar-refractivity contribution in [2.75, 3.05) is 36.0 Å². The number of rotatable bonds is 13. The van der Waals surface area contributed by atoms with Crippen LogP contribution in [0.25, 0.3) is 0 Å². The number of likely N-dealkylation sites (tertiary alicyclic amines) is 1. The predicted octanol–water partition coefficient (Wildman–Crippen LogP) is 7.10. The van der Waals surface area contributed by atoms with Gasteiger partial charge in [-0.1, -0.05) is 74.2 Å². The first-order valence-electron chi connectivity index (χ1n) is 17.2. The van der Waals surface area contributed by atoms with Crippen LogP contribution in [0.1, 0.15) is 99.7 Å². The van der Waals surface area contributed by atoms with Crippen molar-refractivity contribution >= 4 is 28.9 Å². The summed E-state index contributed by atoms with van der Waals surface area (Å²) < 4.78 is 13.1. The molecule has 0 aliphatic carbocycles. The molecule has 3 aromatic rings. The summed E-state index contributed by atoms with van der Waals surface area (Å²) in [5.41, 5.74) is 10.7. The Labute approximate surface area is 278 Å². The number of benzene rings is 3. The smallest absolute Gasteiger partial charge is 0.224 e. The van der Waals surface area contributed by atoms with Gasteiger partial charge in [-0.05, 0) is 74.2 Å². The fourth-order valence-electron chi connectivity index (χ4n) is 6.34. The third kappa shape index (κ3) is 10.9. The summed E-state index contributed by atoms with van der Waals surface area (Å²) in [5.74, 6) is -0.128. The van der Waals surface area contributed by atoms with Crippen LogP contribution in [-0.2, 0) is 25.7 Å². The second-order valence-corrected chi connectivity index (χ2v) is 12.8. The van der Waals surface area contributed by atoms with E-state index in [1.807, 2.05) is 60.7 Å². The van der Waals surface area contributed by atoms with Gasteiger partial charge in [-0.15, -0.1) is 0 Å². The molecule has 0 radical (unpaired) electrons. The molecule has 5 N–H and O–H groups in total. The van der Waals surface area contributed by atoms with Gasteiger partial charge in [-0.2, -0.15) is 0 Å². The summed E-state index contributed by atoms with van der Waals surface area (Å²) in [6.45, 7) is 3.11. The zero-order chi connectivity index (χ0) is 32.8. The van der Waals surface area contributed by atoms with Crippen LogP contribution in [0.2, 0.25) is 0 Å². The molecule has 0 bridgehead atoms. The molecule has 2 amide bonds. The van der Waals surface area contributed by atoms with Gasteiger partial charge in [0, 0.05) is 37.1 Å². The molecule has 2 aliphatic heterocycles. The molecule has 0 saturated carbocycles. The minimum absolute atomic E-state index is 0.0161. The molecule has 2 saturated heterocycles. The van der Waals surface area contributed by atoms with Crippen LogP contribution < -0.4 is 16.4 Å². The lowest BCUT2D eigenvalue weighted by molar-refractivity contribution is -0.253. The number of carbonyl (C=O) groups excluding carboxylic acids is 2. The number of ether oxygens (including phenoxy) is 2. The Hall–Kier alpha value is -3.76. The minimum Gasteiger partial charge on any atom is -0.397 e. The van der Waals surface area contributed by atoms with Crippen LogP contribution in [0.5, 0.6) is 0 Å². The number of unbranched alkanes of at least 4 members (excludes halogenated alkanes) is 2. The van der Waals surface area contributed by atoms with E-state index in [-0.39, 0.29) is 30.6 Å². The average molecular weight is 643 g/mol. The number of anilines is 3. The van der Waals surface area contributed by atoms with E-state index in [4.69, 9.17) is 15.2 Å². The Kier molecular flexibility index (Phi) is 13.2. The molecule has 47 heavy (non-hydrogen) atoms. The van der Waals surface area contributed by atoms with Crippen molar-refractivity contribution in [3.05, 3.63) is 89.5 Å². The second-order valence-electron chi connectivity index (χ2n) is 12.8. The van der Waals surface area contributed by atoms with Crippen LogP contribution in [-0.4, -0.2) is 47.6 Å². The first kappa shape index (κ1) is 34.6. The summed E-state index contributed by atoms with van der Waals surface area (Å²) in [6.07, 6.45) is 9.48. The number of nitrogens with one attached hydrogen (secondary N) is 2. The molecule has 252 valence electrons. The normalized spacial score (nSPS) is 20.6. The first-order chi connectivity index (χ1) is 23.0. The summed E-state index contributed by atoms with van der Waals surface area (Å²) >= 11 is 0. The molecule has 3 aromatic carbocycles. The van der Waals surface area contributed by atoms with E-state index in [0.717, 1.165) is 54.9 Å². The number of hydrogen-bond acceptors (Lipinski definition) is 7. The number of nitrogens with zero attached hydrogens (tertiary/aromatic N) is 1. The highest BCUT2D eigenvalue weighted by Crippen LogP contribution is 2.38. The van der Waals surface area contributed by atoms with E-state index >= 15 is 0 Å². The van der Waals surface area contributed by atoms with Crippen molar-refractivity contribution in [1.29, 1.82) is 0 Å². The van der Waals surface area contributed by atoms with Crippen molar-refractivity contribution in [2.45, 2.75) is 95.7 Å². The lowest BCUT2D eigenvalue weighted by Crippen LogP contribution is -2.40. The van der Waals surface area contributed by atoms with Crippen LogP contribution in [0.3, 0.4) is 0 Å². The topological polar surface area (TPSA) is 126 Å². The second kappa shape index (κ2) is 18.0. The molecule has 0 spiro atoms. The Morgan fingerprint density at radius 2 is 1.40 bits per heavy atom. The maximum absolute atomic E-state index is 12.6. The Morgan fingerprint density at radius 3 is 2.09 bits per heavy atom. The molecule has 9 heteroatoms. The molecule has 5 rings (SSSR count). The summed E-state index contributed by atoms with van der Waals surface area (Å²) in [7, 11) is 0. The Bertz CT molecular complexity index is 1410. The van der Waals surface area contributed by atoms with Crippen molar-refractivity contribution in [3.8, 4) is 0 Å². The summed E-state index contributed by atoms with van der Waals surface area (Å²) in [4.78, 5) is 27.4. The van der Waals surface area contributed by atoms with Crippen LogP contribution in [0, 0.1) is 0 Å². The van der Waals surface area contributed by atoms with Gasteiger partial charge in [-0.25, -0.2) is 0 Å². The molecule has 9 nitrogen and oxygen atoms in total. The van der Waals surface area contributed by atoms with Gasteiger partial charge in [0.1, 0.15) is 0 Å². The quantitative estimate of drug-likeness (QED) is 0.116. The van der Waals surface area contributed by atoms with E-state index in [1.54, 1.807) is 12.1 Å². The van der Waals surface area contributed by atoms with Crippen molar-refractivity contribution < 1.29 is 24.2 Å². The zero-order valence-electron chi connectivity index (χ0n) is 27.4. The number of para-hydroxylation sites is 2. The highest BCUT2D eigenvalue weighted by Gasteiger charge is 2.33. The molecule has 0 aromatic heterocycles. The highest BCUT2D eigenvalue weighted by atomic mass is 16.7. The number of amides is 2. The first-order valence-corrected chi connectivity index (χ1v) is 17.2. The van der Waals surface area contributed by atoms with Gasteiger partial charge in [0.05, 0.1) is 30.2 Å². The molecule has 2 aliphatic rings. The van der Waals surface area contributed by atoms with E-state index < -0.39 is 6.29 Å². The Morgan fingerprint density at radius 1 is 0.766 bits per heavy atom. The third-order valence-electron chi connectivity index (χ3n) is 9.03. The fourth-order valence-corrected chi connectivity index (χ4v) is 6.34. The van der Waals surface area contributed by atoms with E-state index in [1.165, 1.54) is 32.1 Å². The summed E-state index contributed by atoms with van der Waals surface area (Å²) in [5, 5.41) is 15.3. The van der Waals surface area contributed by atoms with Crippen LogP contribution in [0.4, 0.5) is 17.1 Å².